The maximum atomic E-state index is 11.5. The van der Waals surface area contributed by atoms with Crippen LogP contribution in [0.3, 0.4) is 0 Å². The Morgan fingerprint density at radius 1 is 1.35 bits per heavy atom. The molecule has 0 amide bonds. The summed E-state index contributed by atoms with van der Waals surface area (Å²) in [6.07, 6.45) is 1.47. The normalized spacial score (nSPS) is 13.8. The van der Waals surface area contributed by atoms with Crippen LogP contribution in [-0.4, -0.2) is 10.8 Å². The molecule has 17 heavy (non-hydrogen) atoms. The summed E-state index contributed by atoms with van der Waals surface area (Å²) in [5.41, 5.74) is 4.68. The molecule has 0 N–H and O–H groups in total. The molecular weight excluding hydrogens is 234 g/mol. The van der Waals surface area contributed by atoms with Gasteiger partial charge >= 0.3 is 0 Å². The first-order valence-corrected chi connectivity index (χ1v) is 6.43. The van der Waals surface area contributed by atoms with Crippen molar-refractivity contribution < 1.29 is 9.53 Å². The number of nitrogens with zero attached hydrogens (tertiary/aromatic N) is 1. The van der Waals surface area contributed by atoms with Gasteiger partial charge in [-0.15, -0.1) is 11.3 Å². The number of rotatable bonds is 3. The second-order valence-electron chi connectivity index (χ2n) is 4.01. The molecule has 3 nitrogen and oxygen atoms in total. The van der Waals surface area contributed by atoms with E-state index in [1.165, 1.54) is 0 Å². The molecular formula is C13H11NO2S. The van der Waals surface area contributed by atoms with Crippen molar-refractivity contribution in [1.82, 2.24) is 4.98 Å². The topological polar surface area (TPSA) is 39.2 Å². The molecule has 0 fully saturated rings. The van der Waals surface area contributed by atoms with E-state index in [0.717, 1.165) is 29.0 Å². The molecule has 1 aromatic heterocycles. The average molecular weight is 245 g/mol. The first-order valence-electron chi connectivity index (χ1n) is 5.49. The van der Waals surface area contributed by atoms with E-state index in [2.05, 4.69) is 4.98 Å². The lowest BCUT2D eigenvalue weighted by Crippen LogP contribution is -1.97. The van der Waals surface area contributed by atoms with Crippen LogP contribution in [0.2, 0.25) is 0 Å². The molecule has 0 radical (unpaired) electrons. The van der Waals surface area contributed by atoms with E-state index in [0.29, 0.717) is 13.0 Å². The predicted octanol–water partition coefficient (Wildman–Crippen LogP) is 2.85. The van der Waals surface area contributed by atoms with Crippen LogP contribution in [0, 0.1) is 0 Å². The van der Waals surface area contributed by atoms with Gasteiger partial charge in [0.25, 0.3) is 0 Å². The Kier molecular flexibility index (Phi) is 2.65. The van der Waals surface area contributed by atoms with Gasteiger partial charge in [0.15, 0.2) is 5.78 Å². The zero-order valence-electron chi connectivity index (χ0n) is 9.18. The van der Waals surface area contributed by atoms with Gasteiger partial charge in [0.2, 0.25) is 0 Å². The van der Waals surface area contributed by atoms with Gasteiger partial charge in [-0.05, 0) is 30.2 Å². The number of ether oxygens (including phenoxy) is 1. The van der Waals surface area contributed by atoms with Crippen molar-refractivity contribution in [2.24, 2.45) is 0 Å². The summed E-state index contributed by atoms with van der Waals surface area (Å²) in [6, 6.07) is 5.68. The van der Waals surface area contributed by atoms with Crippen molar-refractivity contribution in [3.63, 3.8) is 0 Å². The molecule has 86 valence electrons. The summed E-state index contributed by atoms with van der Waals surface area (Å²) in [7, 11) is 0. The van der Waals surface area contributed by atoms with E-state index < -0.39 is 0 Å². The summed E-state index contributed by atoms with van der Waals surface area (Å²) >= 11 is 1.56. The van der Waals surface area contributed by atoms with Crippen molar-refractivity contribution in [2.45, 2.75) is 19.4 Å². The fourth-order valence-electron chi connectivity index (χ4n) is 1.99. The zero-order valence-corrected chi connectivity index (χ0v) is 10.00. The summed E-state index contributed by atoms with van der Waals surface area (Å²) < 4.78 is 5.64. The van der Waals surface area contributed by atoms with Crippen LogP contribution in [0.4, 0.5) is 0 Å². The van der Waals surface area contributed by atoms with E-state index in [1.807, 2.05) is 23.6 Å². The Bertz CT molecular complexity index is 549. The highest BCUT2D eigenvalue weighted by molar-refractivity contribution is 7.07. The van der Waals surface area contributed by atoms with Gasteiger partial charge in [0, 0.05) is 17.4 Å². The van der Waals surface area contributed by atoms with Crippen LogP contribution in [0.1, 0.15) is 28.0 Å². The Balaban J connectivity index is 1.74. The SMILES string of the molecule is O=C1CCc2cc(OCc3cscn3)ccc21. The molecule has 1 aromatic carbocycles. The van der Waals surface area contributed by atoms with E-state index in [9.17, 15) is 4.79 Å². The van der Waals surface area contributed by atoms with Crippen LogP contribution in [0.5, 0.6) is 5.75 Å². The highest BCUT2D eigenvalue weighted by atomic mass is 32.1. The summed E-state index contributed by atoms with van der Waals surface area (Å²) in [5.74, 6) is 1.05. The fourth-order valence-corrected chi connectivity index (χ4v) is 2.53. The van der Waals surface area contributed by atoms with E-state index in [-0.39, 0.29) is 5.78 Å². The quantitative estimate of drug-likeness (QED) is 0.834. The third kappa shape index (κ3) is 2.08. The van der Waals surface area contributed by atoms with Gasteiger partial charge in [-0.1, -0.05) is 0 Å². The van der Waals surface area contributed by atoms with Crippen LogP contribution in [0.25, 0.3) is 0 Å². The van der Waals surface area contributed by atoms with Crippen LogP contribution >= 0.6 is 11.3 Å². The first kappa shape index (κ1) is 10.5. The number of hydrogen-bond acceptors (Lipinski definition) is 4. The summed E-state index contributed by atoms with van der Waals surface area (Å²) in [4.78, 5) is 15.6. The number of Topliss-reactive ketones (excluding diaryl/α,β-unsaturated/α-hetero) is 1. The van der Waals surface area contributed by atoms with E-state index in [1.54, 1.807) is 16.8 Å². The van der Waals surface area contributed by atoms with Gasteiger partial charge < -0.3 is 4.74 Å². The van der Waals surface area contributed by atoms with Crippen molar-refractivity contribution in [3.05, 3.63) is 45.9 Å². The number of ketones is 1. The molecule has 0 aliphatic heterocycles. The molecule has 0 atom stereocenters. The maximum absolute atomic E-state index is 11.5. The molecule has 1 aliphatic rings. The monoisotopic (exact) mass is 245 g/mol. The lowest BCUT2D eigenvalue weighted by Gasteiger charge is -2.06. The molecule has 3 rings (SSSR count). The molecule has 0 saturated heterocycles. The van der Waals surface area contributed by atoms with Crippen LogP contribution < -0.4 is 4.74 Å². The van der Waals surface area contributed by atoms with Crippen LogP contribution in [0.15, 0.2) is 29.1 Å². The second kappa shape index (κ2) is 4.30. The molecule has 2 aromatic rings. The molecule has 0 bridgehead atoms. The Labute approximate surface area is 103 Å². The number of benzene rings is 1. The average Bonchev–Trinajstić information content (AvgIpc) is 2.97. The Hall–Kier alpha value is -1.68. The Morgan fingerprint density at radius 2 is 2.29 bits per heavy atom. The number of carbonyl (C=O) groups is 1. The molecule has 1 heterocycles. The number of aryl methyl sites for hydroxylation is 1. The first-order chi connectivity index (χ1) is 8.33. The predicted molar refractivity (Wildman–Crippen MR) is 65.5 cm³/mol. The number of aromatic nitrogens is 1. The van der Waals surface area contributed by atoms with Crippen molar-refractivity contribution in [3.8, 4) is 5.75 Å². The van der Waals surface area contributed by atoms with E-state index >= 15 is 0 Å². The van der Waals surface area contributed by atoms with Gasteiger partial charge in [0.05, 0.1) is 11.2 Å². The van der Waals surface area contributed by atoms with E-state index in [4.69, 9.17) is 4.74 Å². The lowest BCUT2D eigenvalue weighted by atomic mass is 10.1. The smallest absolute Gasteiger partial charge is 0.163 e. The number of fused-ring (bicyclic) bond motifs is 1. The highest BCUT2D eigenvalue weighted by Crippen LogP contribution is 2.26. The number of thiazole rings is 1. The van der Waals surface area contributed by atoms with Crippen molar-refractivity contribution >= 4 is 17.1 Å². The molecule has 0 saturated carbocycles. The molecule has 0 spiro atoms. The van der Waals surface area contributed by atoms with Gasteiger partial charge in [0.1, 0.15) is 12.4 Å². The largest absolute Gasteiger partial charge is 0.487 e. The number of hydrogen-bond donors (Lipinski definition) is 0. The summed E-state index contributed by atoms with van der Waals surface area (Å²) in [5, 5.41) is 1.97. The third-order valence-corrected chi connectivity index (χ3v) is 3.50. The minimum atomic E-state index is 0.242. The van der Waals surface area contributed by atoms with Crippen LogP contribution in [-0.2, 0) is 13.0 Å². The highest BCUT2D eigenvalue weighted by Gasteiger charge is 2.19. The number of carbonyl (C=O) groups excluding carboxylic acids is 1. The molecule has 4 heteroatoms. The van der Waals surface area contributed by atoms with Crippen molar-refractivity contribution in [2.75, 3.05) is 0 Å². The fraction of sp³-hybridized carbons (Fsp3) is 0.231. The third-order valence-electron chi connectivity index (χ3n) is 2.87. The molecule has 1 aliphatic carbocycles. The van der Waals surface area contributed by atoms with Crippen molar-refractivity contribution in [1.29, 1.82) is 0 Å². The summed E-state index contributed by atoms with van der Waals surface area (Å²) in [6.45, 7) is 0.482. The second-order valence-corrected chi connectivity index (χ2v) is 4.73. The molecule has 0 unspecified atom stereocenters. The zero-order chi connectivity index (χ0) is 11.7. The maximum Gasteiger partial charge on any atom is 0.163 e. The minimum Gasteiger partial charge on any atom is -0.487 e. The van der Waals surface area contributed by atoms with Gasteiger partial charge in [-0.3, -0.25) is 4.79 Å². The van der Waals surface area contributed by atoms with Gasteiger partial charge in [-0.2, -0.15) is 0 Å². The minimum absolute atomic E-state index is 0.242. The van der Waals surface area contributed by atoms with Gasteiger partial charge in [-0.25, -0.2) is 4.98 Å². The Morgan fingerprint density at radius 3 is 3.12 bits per heavy atom. The standard InChI is InChI=1S/C13H11NO2S/c15-13-4-1-9-5-11(2-3-12(9)13)16-6-10-7-17-8-14-10/h2-3,5,7-8H,1,4,6H2. The lowest BCUT2D eigenvalue weighted by molar-refractivity contribution is 0.0994.